The topological polar surface area (TPSA) is 64.2 Å². The molecule has 2 saturated heterocycles. The number of carbonyl (C=O) groups excluding carboxylic acids is 1. The fraction of sp³-hybridized carbons (Fsp3) is 0.464. The first-order chi connectivity index (χ1) is 17.7. The molecule has 37 heavy (non-hydrogen) atoms. The average Bonchev–Trinajstić information content (AvgIpc) is 3.24. The number of piperazine rings is 1. The Hall–Kier alpha value is -2.46. The van der Waals surface area contributed by atoms with Gasteiger partial charge in [0, 0.05) is 49.9 Å². The zero-order chi connectivity index (χ0) is 26.2. The van der Waals surface area contributed by atoms with Gasteiger partial charge in [-0.25, -0.2) is 4.31 Å². The molecule has 9 heteroatoms. The van der Waals surface area contributed by atoms with Gasteiger partial charge in [-0.05, 0) is 56.3 Å². The van der Waals surface area contributed by atoms with Crippen LogP contribution in [0.3, 0.4) is 0 Å². The fourth-order valence-electron chi connectivity index (χ4n) is 5.27. The first-order valence-electron chi connectivity index (χ1n) is 13.0. The summed E-state index contributed by atoms with van der Waals surface area (Å²) in [7, 11) is -1.72. The number of nitrogens with zero attached hydrogens (tertiary/aromatic N) is 4. The predicted molar refractivity (Wildman–Crippen MR) is 151 cm³/mol. The molecule has 0 unspecified atom stereocenters. The van der Waals surface area contributed by atoms with Crippen LogP contribution in [0.25, 0.3) is 10.1 Å². The van der Waals surface area contributed by atoms with Gasteiger partial charge in [-0.3, -0.25) is 4.79 Å². The molecule has 1 aromatic heterocycles. The highest BCUT2D eigenvalue weighted by Crippen LogP contribution is 2.40. The lowest BCUT2D eigenvalue weighted by Gasteiger charge is -2.38. The van der Waals surface area contributed by atoms with Gasteiger partial charge < -0.3 is 9.80 Å². The van der Waals surface area contributed by atoms with Crippen molar-refractivity contribution in [2.45, 2.75) is 33.2 Å². The van der Waals surface area contributed by atoms with E-state index in [4.69, 9.17) is 0 Å². The molecule has 2 aliphatic rings. The highest BCUT2D eigenvalue weighted by atomic mass is 32.2. The van der Waals surface area contributed by atoms with E-state index in [0.29, 0.717) is 25.9 Å². The number of amides is 1. The molecule has 5 rings (SSSR count). The van der Waals surface area contributed by atoms with E-state index in [1.165, 1.54) is 11.3 Å². The SMILES string of the molecule is Cc1ccc(CN(c2sc3ccccc3c2C)S(=O)(=O)N2CCC(C(=O)N3CCN(C)CC3)CC2)cc1. The van der Waals surface area contributed by atoms with Crippen molar-refractivity contribution in [2.24, 2.45) is 5.92 Å². The number of hydrogen-bond acceptors (Lipinski definition) is 5. The van der Waals surface area contributed by atoms with Crippen LogP contribution in [0.15, 0.2) is 48.5 Å². The van der Waals surface area contributed by atoms with Gasteiger partial charge in [0.2, 0.25) is 5.91 Å². The Morgan fingerprint density at radius 3 is 2.24 bits per heavy atom. The minimum Gasteiger partial charge on any atom is -0.340 e. The quantitative estimate of drug-likeness (QED) is 0.469. The Bertz CT molecular complexity index is 1350. The number of fused-ring (bicyclic) bond motifs is 1. The smallest absolute Gasteiger partial charge is 0.305 e. The summed E-state index contributed by atoms with van der Waals surface area (Å²) in [5.74, 6) is 0.0773. The molecular formula is C28H36N4O3S2. The molecule has 0 spiro atoms. The van der Waals surface area contributed by atoms with Crippen LogP contribution in [0.5, 0.6) is 0 Å². The largest absolute Gasteiger partial charge is 0.340 e. The number of thiophene rings is 1. The van der Waals surface area contributed by atoms with Gasteiger partial charge in [0.15, 0.2) is 0 Å². The summed E-state index contributed by atoms with van der Waals surface area (Å²) in [6.45, 7) is 8.32. The number of likely N-dealkylation sites (N-methyl/N-ethyl adjacent to an activating group) is 1. The van der Waals surface area contributed by atoms with E-state index in [1.807, 2.05) is 61.2 Å². The van der Waals surface area contributed by atoms with E-state index in [0.717, 1.165) is 58.0 Å². The standard InChI is InChI=1S/C28H36N4O3S2/c1-21-8-10-23(11-9-21)20-32(28-22(2)25-6-4-5-7-26(25)36-28)37(34,35)31-14-12-24(13-15-31)27(33)30-18-16-29(3)17-19-30/h4-11,24H,12-20H2,1-3H3. The molecule has 0 bridgehead atoms. The summed E-state index contributed by atoms with van der Waals surface area (Å²) in [6, 6.07) is 16.1. The molecule has 0 aliphatic carbocycles. The van der Waals surface area contributed by atoms with E-state index in [2.05, 4.69) is 18.0 Å². The maximum Gasteiger partial charge on any atom is 0.305 e. The van der Waals surface area contributed by atoms with Crippen LogP contribution in [0, 0.1) is 19.8 Å². The summed E-state index contributed by atoms with van der Waals surface area (Å²) >= 11 is 1.52. The van der Waals surface area contributed by atoms with Gasteiger partial charge in [-0.2, -0.15) is 12.7 Å². The molecule has 0 N–H and O–H groups in total. The van der Waals surface area contributed by atoms with Crippen molar-refractivity contribution in [1.82, 2.24) is 14.1 Å². The Morgan fingerprint density at radius 2 is 1.59 bits per heavy atom. The van der Waals surface area contributed by atoms with E-state index in [-0.39, 0.29) is 18.4 Å². The molecule has 0 radical (unpaired) electrons. The molecule has 198 valence electrons. The van der Waals surface area contributed by atoms with Gasteiger partial charge in [0.05, 0.1) is 6.54 Å². The summed E-state index contributed by atoms with van der Waals surface area (Å²) < 4.78 is 32.6. The second kappa shape index (κ2) is 10.7. The Kier molecular flexibility index (Phi) is 7.58. The van der Waals surface area contributed by atoms with Crippen molar-refractivity contribution in [3.05, 3.63) is 65.2 Å². The third kappa shape index (κ3) is 5.41. The summed E-state index contributed by atoms with van der Waals surface area (Å²) in [5.41, 5.74) is 3.07. The van der Waals surface area contributed by atoms with Crippen LogP contribution in [0.4, 0.5) is 5.00 Å². The second-order valence-electron chi connectivity index (χ2n) is 10.3. The monoisotopic (exact) mass is 540 g/mol. The lowest BCUT2D eigenvalue weighted by molar-refractivity contribution is -0.138. The van der Waals surface area contributed by atoms with E-state index >= 15 is 0 Å². The summed E-state index contributed by atoms with van der Waals surface area (Å²) in [5, 5.41) is 1.85. The number of piperidine rings is 1. The molecular weight excluding hydrogens is 504 g/mol. The Balaban J connectivity index is 1.38. The Morgan fingerprint density at radius 1 is 0.946 bits per heavy atom. The molecule has 2 fully saturated rings. The molecule has 7 nitrogen and oxygen atoms in total. The third-order valence-corrected chi connectivity index (χ3v) is 11.0. The highest BCUT2D eigenvalue weighted by molar-refractivity contribution is 7.90. The predicted octanol–water partition coefficient (Wildman–Crippen LogP) is 4.26. The van der Waals surface area contributed by atoms with Crippen LogP contribution >= 0.6 is 11.3 Å². The molecule has 2 aliphatic heterocycles. The van der Waals surface area contributed by atoms with Crippen LogP contribution in [0.1, 0.15) is 29.5 Å². The maximum absolute atomic E-state index is 14.2. The van der Waals surface area contributed by atoms with Crippen molar-refractivity contribution < 1.29 is 13.2 Å². The van der Waals surface area contributed by atoms with E-state index in [1.54, 1.807) is 8.61 Å². The van der Waals surface area contributed by atoms with Crippen LogP contribution in [-0.2, 0) is 21.5 Å². The minimum absolute atomic E-state index is 0.105. The number of rotatable bonds is 6. The highest BCUT2D eigenvalue weighted by Gasteiger charge is 2.37. The maximum atomic E-state index is 14.2. The van der Waals surface area contributed by atoms with E-state index < -0.39 is 10.2 Å². The molecule has 0 atom stereocenters. The zero-order valence-electron chi connectivity index (χ0n) is 21.9. The summed E-state index contributed by atoms with van der Waals surface area (Å²) in [6.07, 6.45) is 1.13. The van der Waals surface area contributed by atoms with Gasteiger partial charge in [0.1, 0.15) is 5.00 Å². The third-order valence-electron chi connectivity index (χ3n) is 7.71. The van der Waals surface area contributed by atoms with Gasteiger partial charge in [0.25, 0.3) is 0 Å². The van der Waals surface area contributed by atoms with Crippen LogP contribution in [0.2, 0.25) is 0 Å². The number of aryl methyl sites for hydroxylation is 2. The molecule has 1 amide bonds. The Labute approximate surface area is 224 Å². The second-order valence-corrected chi connectivity index (χ2v) is 13.2. The molecule has 3 heterocycles. The first kappa shape index (κ1) is 26.2. The number of benzene rings is 2. The van der Waals surface area contributed by atoms with Crippen molar-refractivity contribution in [1.29, 1.82) is 0 Å². The average molecular weight is 541 g/mol. The molecule has 2 aromatic carbocycles. The first-order valence-corrected chi connectivity index (χ1v) is 15.2. The zero-order valence-corrected chi connectivity index (χ0v) is 23.5. The summed E-state index contributed by atoms with van der Waals surface area (Å²) in [4.78, 5) is 17.3. The number of carbonyl (C=O) groups is 1. The molecule has 0 saturated carbocycles. The lowest BCUT2D eigenvalue weighted by Crippen LogP contribution is -2.52. The van der Waals surface area contributed by atoms with Crippen molar-refractivity contribution >= 4 is 42.5 Å². The van der Waals surface area contributed by atoms with Gasteiger partial charge >= 0.3 is 10.2 Å². The normalized spacial score (nSPS) is 18.4. The van der Waals surface area contributed by atoms with Crippen LogP contribution in [-0.4, -0.2) is 74.7 Å². The number of hydrogen-bond donors (Lipinski definition) is 0. The van der Waals surface area contributed by atoms with Gasteiger partial charge in [-0.1, -0.05) is 48.0 Å². The molecule has 3 aromatic rings. The number of anilines is 1. The van der Waals surface area contributed by atoms with Crippen molar-refractivity contribution in [2.75, 3.05) is 50.6 Å². The van der Waals surface area contributed by atoms with Crippen LogP contribution < -0.4 is 4.31 Å². The lowest BCUT2D eigenvalue weighted by atomic mass is 9.96. The van der Waals surface area contributed by atoms with Crippen molar-refractivity contribution in [3.63, 3.8) is 0 Å². The fourth-order valence-corrected chi connectivity index (χ4v) is 8.39. The minimum atomic E-state index is -3.79. The van der Waals surface area contributed by atoms with Gasteiger partial charge in [-0.15, -0.1) is 11.3 Å². The van der Waals surface area contributed by atoms with Crippen molar-refractivity contribution in [3.8, 4) is 0 Å². The van der Waals surface area contributed by atoms with E-state index in [9.17, 15) is 13.2 Å².